The number of hydrogen-bond acceptors (Lipinski definition) is 4. The normalized spacial score (nSPS) is 12.9. The van der Waals surface area contributed by atoms with E-state index in [1.54, 1.807) is 7.11 Å². The second-order valence-corrected chi connectivity index (χ2v) is 4.48. The van der Waals surface area contributed by atoms with Gasteiger partial charge in [0.05, 0.1) is 18.9 Å². The SMILES string of the molecule is CNC(CCOCCOC)Cc1cc(C)nn1C. The highest BCUT2D eigenvalue weighted by Crippen LogP contribution is 2.07. The van der Waals surface area contributed by atoms with Crippen molar-refractivity contribution in [3.63, 3.8) is 0 Å². The monoisotopic (exact) mass is 255 g/mol. The lowest BCUT2D eigenvalue weighted by Gasteiger charge is -2.16. The summed E-state index contributed by atoms with van der Waals surface area (Å²) in [6.07, 6.45) is 1.96. The summed E-state index contributed by atoms with van der Waals surface area (Å²) in [5.41, 5.74) is 2.32. The van der Waals surface area contributed by atoms with Crippen molar-refractivity contribution in [3.05, 3.63) is 17.5 Å². The number of nitrogens with one attached hydrogen (secondary N) is 1. The molecule has 0 fully saturated rings. The molecule has 0 aliphatic rings. The maximum absolute atomic E-state index is 5.49. The van der Waals surface area contributed by atoms with E-state index in [1.165, 1.54) is 5.69 Å². The first-order chi connectivity index (χ1) is 8.67. The van der Waals surface area contributed by atoms with Crippen LogP contribution in [0.2, 0.25) is 0 Å². The maximum Gasteiger partial charge on any atom is 0.0700 e. The molecule has 0 aliphatic heterocycles. The standard InChI is InChI=1S/C13H25N3O2/c1-11-9-13(16(3)15-11)10-12(14-2)5-6-18-8-7-17-4/h9,12,14H,5-8,10H2,1-4H3. The van der Waals surface area contributed by atoms with E-state index in [9.17, 15) is 0 Å². The Kier molecular flexibility index (Phi) is 6.93. The molecule has 0 saturated carbocycles. The van der Waals surface area contributed by atoms with Crippen LogP contribution in [0.25, 0.3) is 0 Å². The molecule has 0 bridgehead atoms. The summed E-state index contributed by atoms with van der Waals surface area (Å²) >= 11 is 0. The Balaban J connectivity index is 2.31. The van der Waals surface area contributed by atoms with Crippen molar-refractivity contribution < 1.29 is 9.47 Å². The smallest absolute Gasteiger partial charge is 0.0700 e. The van der Waals surface area contributed by atoms with Crippen LogP contribution in [0, 0.1) is 6.92 Å². The van der Waals surface area contributed by atoms with Gasteiger partial charge in [-0.15, -0.1) is 0 Å². The average molecular weight is 255 g/mol. The molecule has 1 unspecified atom stereocenters. The molecule has 0 spiro atoms. The summed E-state index contributed by atoms with van der Waals surface area (Å²) in [4.78, 5) is 0. The zero-order valence-electron chi connectivity index (χ0n) is 11.9. The van der Waals surface area contributed by atoms with Gasteiger partial charge in [-0.1, -0.05) is 0 Å². The van der Waals surface area contributed by atoms with Crippen molar-refractivity contribution in [2.75, 3.05) is 34.0 Å². The van der Waals surface area contributed by atoms with E-state index in [0.717, 1.165) is 25.1 Å². The van der Waals surface area contributed by atoms with Crippen molar-refractivity contribution in [2.24, 2.45) is 7.05 Å². The van der Waals surface area contributed by atoms with Crippen LogP contribution in [0.15, 0.2) is 6.07 Å². The largest absolute Gasteiger partial charge is 0.382 e. The summed E-state index contributed by atoms with van der Waals surface area (Å²) in [7, 11) is 5.66. The highest BCUT2D eigenvalue weighted by atomic mass is 16.5. The van der Waals surface area contributed by atoms with Gasteiger partial charge >= 0.3 is 0 Å². The fourth-order valence-corrected chi connectivity index (χ4v) is 1.93. The lowest BCUT2D eigenvalue weighted by Crippen LogP contribution is -2.30. The molecule has 1 rings (SSSR count). The Labute approximate surface area is 109 Å². The number of aryl methyl sites for hydroxylation is 2. The molecule has 5 nitrogen and oxygen atoms in total. The van der Waals surface area contributed by atoms with E-state index in [-0.39, 0.29) is 0 Å². The third-order valence-electron chi connectivity index (χ3n) is 3.01. The molecule has 5 heteroatoms. The highest BCUT2D eigenvalue weighted by Gasteiger charge is 2.10. The third-order valence-corrected chi connectivity index (χ3v) is 3.01. The summed E-state index contributed by atoms with van der Waals surface area (Å²) in [6, 6.07) is 2.55. The molecule has 0 saturated heterocycles. The minimum Gasteiger partial charge on any atom is -0.382 e. The van der Waals surface area contributed by atoms with Gasteiger partial charge in [-0.2, -0.15) is 5.10 Å². The number of nitrogens with zero attached hydrogens (tertiary/aromatic N) is 2. The molecule has 0 amide bonds. The number of methoxy groups -OCH3 is 1. The molecule has 1 atom stereocenters. The summed E-state index contributed by atoms with van der Waals surface area (Å²) in [5, 5.41) is 7.69. The quantitative estimate of drug-likeness (QED) is 0.666. The van der Waals surface area contributed by atoms with Crippen LogP contribution in [0.1, 0.15) is 17.8 Å². The van der Waals surface area contributed by atoms with E-state index in [0.29, 0.717) is 19.3 Å². The number of rotatable bonds is 9. The van der Waals surface area contributed by atoms with E-state index in [4.69, 9.17) is 9.47 Å². The second kappa shape index (κ2) is 8.24. The van der Waals surface area contributed by atoms with Gasteiger partial charge in [-0.3, -0.25) is 4.68 Å². The van der Waals surface area contributed by atoms with Crippen molar-refractivity contribution in [2.45, 2.75) is 25.8 Å². The maximum atomic E-state index is 5.49. The first-order valence-electron chi connectivity index (χ1n) is 6.40. The fraction of sp³-hybridized carbons (Fsp3) is 0.769. The van der Waals surface area contributed by atoms with Gasteiger partial charge in [0, 0.05) is 38.9 Å². The topological polar surface area (TPSA) is 48.3 Å². The Bertz CT molecular complexity index is 339. The van der Waals surface area contributed by atoms with Crippen LogP contribution < -0.4 is 5.32 Å². The van der Waals surface area contributed by atoms with Crippen LogP contribution in [0.4, 0.5) is 0 Å². The first-order valence-corrected chi connectivity index (χ1v) is 6.40. The van der Waals surface area contributed by atoms with Crippen LogP contribution >= 0.6 is 0 Å². The van der Waals surface area contributed by atoms with Gasteiger partial charge in [0.1, 0.15) is 0 Å². The van der Waals surface area contributed by atoms with E-state index >= 15 is 0 Å². The Morgan fingerprint density at radius 1 is 1.39 bits per heavy atom. The molecule has 1 N–H and O–H groups in total. The number of hydrogen-bond donors (Lipinski definition) is 1. The van der Waals surface area contributed by atoms with Crippen LogP contribution in [0.5, 0.6) is 0 Å². The number of ether oxygens (including phenoxy) is 2. The first kappa shape index (κ1) is 15.1. The molecule has 1 heterocycles. The lowest BCUT2D eigenvalue weighted by molar-refractivity contribution is 0.0660. The minimum absolute atomic E-state index is 0.419. The summed E-state index contributed by atoms with van der Waals surface area (Å²) < 4.78 is 12.4. The van der Waals surface area contributed by atoms with Crippen LogP contribution in [-0.2, 0) is 22.9 Å². The summed E-state index contributed by atoms with van der Waals surface area (Å²) in [5.74, 6) is 0. The molecule has 0 aliphatic carbocycles. The predicted octanol–water partition coefficient (Wildman–Crippen LogP) is 0.912. The van der Waals surface area contributed by atoms with Gasteiger partial charge in [0.15, 0.2) is 0 Å². The Hall–Kier alpha value is -0.910. The zero-order chi connectivity index (χ0) is 13.4. The predicted molar refractivity (Wildman–Crippen MR) is 71.8 cm³/mol. The molecule has 0 radical (unpaired) electrons. The third kappa shape index (κ3) is 5.16. The average Bonchev–Trinajstić information content (AvgIpc) is 2.66. The molecular formula is C13H25N3O2. The molecular weight excluding hydrogens is 230 g/mol. The Morgan fingerprint density at radius 2 is 2.17 bits per heavy atom. The van der Waals surface area contributed by atoms with Crippen molar-refractivity contribution in [1.82, 2.24) is 15.1 Å². The highest BCUT2D eigenvalue weighted by molar-refractivity contribution is 5.09. The van der Waals surface area contributed by atoms with E-state index in [2.05, 4.69) is 16.5 Å². The zero-order valence-corrected chi connectivity index (χ0v) is 11.9. The van der Waals surface area contributed by atoms with E-state index < -0.39 is 0 Å². The number of likely N-dealkylation sites (N-methyl/N-ethyl adjacent to an activating group) is 1. The van der Waals surface area contributed by atoms with Gasteiger partial charge in [0.2, 0.25) is 0 Å². The molecule has 0 aromatic carbocycles. The van der Waals surface area contributed by atoms with Gasteiger partial charge in [-0.25, -0.2) is 0 Å². The van der Waals surface area contributed by atoms with Crippen molar-refractivity contribution in [1.29, 1.82) is 0 Å². The van der Waals surface area contributed by atoms with E-state index in [1.807, 2.05) is 25.7 Å². The van der Waals surface area contributed by atoms with Gasteiger partial charge in [-0.05, 0) is 26.5 Å². The van der Waals surface area contributed by atoms with Gasteiger partial charge in [0.25, 0.3) is 0 Å². The second-order valence-electron chi connectivity index (χ2n) is 4.48. The van der Waals surface area contributed by atoms with Crippen molar-refractivity contribution in [3.8, 4) is 0 Å². The van der Waals surface area contributed by atoms with Gasteiger partial charge < -0.3 is 14.8 Å². The lowest BCUT2D eigenvalue weighted by atomic mass is 10.1. The molecule has 1 aromatic rings. The Morgan fingerprint density at radius 3 is 2.72 bits per heavy atom. The van der Waals surface area contributed by atoms with Crippen molar-refractivity contribution >= 4 is 0 Å². The summed E-state index contributed by atoms with van der Waals surface area (Å²) in [6.45, 7) is 4.10. The number of aromatic nitrogens is 2. The molecule has 104 valence electrons. The van der Waals surface area contributed by atoms with Crippen LogP contribution in [-0.4, -0.2) is 49.8 Å². The minimum atomic E-state index is 0.419. The molecule has 18 heavy (non-hydrogen) atoms. The fourth-order valence-electron chi connectivity index (χ4n) is 1.93. The van der Waals surface area contributed by atoms with Crippen LogP contribution in [0.3, 0.4) is 0 Å². The molecule has 1 aromatic heterocycles.